The van der Waals surface area contributed by atoms with Crippen molar-refractivity contribution in [3.05, 3.63) is 0 Å². The third-order valence-corrected chi connectivity index (χ3v) is 6.07. The number of hydrogen-bond acceptors (Lipinski definition) is 5. The maximum atomic E-state index is 12.9. The van der Waals surface area contributed by atoms with Crippen molar-refractivity contribution in [3.8, 4) is 0 Å². The number of amides is 1. The van der Waals surface area contributed by atoms with Crippen molar-refractivity contribution in [2.75, 3.05) is 6.54 Å². The van der Waals surface area contributed by atoms with Crippen molar-refractivity contribution in [1.82, 2.24) is 5.32 Å². The van der Waals surface area contributed by atoms with E-state index in [1.54, 1.807) is 13.8 Å². The maximum absolute atomic E-state index is 12.9. The Morgan fingerprint density at radius 1 is 1.10 bits per heavy atom. The molecule has 0 aromatic rings. The summed E-state index contributed by atoms with van der Waals surface area (Å²) in [5.41, 5.74) is 5.60. The van der Waals surface area contributed by atoms with Gasteiger partial charge in [-0.1, -0.05) is 40.5 Å². The first kappa shape index (κ1) is 25.8. The Morgan fingerprint density at radius 3 is 2.28 bits per heavy atom. The van der Waals surface area contributed by atoms with Crippen LogP contribution in [0.15, 0.2) is 0 Å². The number of aliphatic hydroxyl groups excluding tert-OH is 1. The van der Waals surface area contributed by atoms with Crippen molar-refractivity contribution in [2.24, 2.45) is 35.3 Å². The summed E-state index contributed by atoms with van der Waals surface area (Å²) in [6.07, 6.45) is 4.50. The van der Waals surface area contributed by atoms with Gasteiger partial charge in [0.1, 0.15) is 5.78 Å². The molecule has 0 heterocycles. The fourth-order valence-electron chi connectivity index (χ4n) is 4.46. The van der Waals surface area contributed by atoms with Crippen LogP contribution in [0, 0.1) is 29.6 Å². The molecule has 168 valence electrons. The maximum Gasteiger partial charge on any atom is 0.226 e. The van der Waals surface area contributed by atoms with Crippen molar-refractivity contribution < 1.29 is 19.5 Å². The van der Waals surface area contributed by atoms with Crippen LogP contribution in [0.25, 0.3) is 0 Å². The molecular weight excluding hydrogens is 368 g/mol. The highest BCUT2D eigenvalue weighted by Crippen LogP contribution is 2.34. The number of rotatable bonds is 12. The minimum Gasteiger partial charge on any atom is -0.393 e. The smallest absolute Gasteiger partial charge is 0.226 e. The number of hydrogen-bond donors (Lipinski definition) is 3. The molecule has 1 saturated carbocycles. The second-order valence-corrected chi connectivity index (χ2v) is 9.57. The van der Waals surface area contributed by atoms with E-state index in [-0.39, 0.29) is 36.4 Å². The Balaban J connectivity index is 2.76. The van der Waals surface area contributed by atoms with Crippen molar-refractivity contribution in [1.29, 1.82) is 0 Å². The molecule has 1 amide bonds. The Morgan fingerprint density at radius 2 is 1.76 bits per heavy atom. The highest BCUT2D eigenvalue weighted by atomic mass is 16.3. The van der Waals surface area contributed by atoms with E-state index in [1.807, 2.05) is 0 Å². The largest absolute Gasteiger partial charge is 0.393 e. The minimum atomic E-state index is -0.957. The van der Waals surface area contributed by atoms with Gasteiger partial charge in [-0.25, -0.2) is 0 Å². The molecular formula is C23H42N2O4. The van der Waals surface area contributed by atoms with Crippen molar-refractivity contribution in [2.45, 2.75) is 91.7 Å². The quantitative estimate of drug-likeness (QED) is 0.458. The molecule has 1 fully saturated rings. The monoisotopic (exact) mass is 410 g/mol. The molecule has 0 bridgehead atoms. The number of ketones is 2. The van der Waals surface area contributed by atoms with Crippen LogP contribution in [0.1, 0.15) is 79.6 Å². The average molecular weight is 411 g/mol. The summed E-state index contributed by atoms with van der Waals surface area (Å²) in [6.45, 7) is 9.78. The predicted molar refractivity (Wildman–Crippen MR) is 115 cm³/mol. The van der Waals surface area contributed by atoms with Crippen molar-refractivity contribution in [3.63, 3.8) is 0 Å². The van der Waals surface area contributed by atoms with Gasteiger partial charge >= 0.3 is 0 Å². The van der Waals surface area contributed by atoms with Crippen LogP contribution in [-0.2, 0) is 14.4 Å². The number of carbonyl (C=O) groups excluding carboxylic acids is 3. The van der Waals surface area contributed by atoms with Gasteiger partial charge in [0.05, 0.1) is 18.1 Å². The van der Waals surface area contributed by atoms with E-state index >= 15 is 0 Å². The number of nitrogens with two attached hydrogens (primary N) is 1. The van der Waals surface area contributed by atoms with Gasteiger partial charge in [-0.15, -0.1) is 0 Å². The van der Waals surface area contributed by atoms with E-state index in [0.717, 1.165) is 25.7 Å². The van der Waals surface area contributed by atoms with Crippen molar-refractivity contribution >= 4 is 17.5 Å². The third-order valence-electron chi connectivity index (χ3n) is 6.07. The lowest BCUT2D eigenvalue weighted by Gasteiger charge is -2.31. The van der Waals surface area contributed by atoms with E-state index in [0.29, 0.717) is 18.3 Å². The Kier molecular flexibility index (Phi) is 11.0. The fourth-order valence-corrected chi connectivity index (χ4v) is 4.46. The first-order valence-electron chi connectivity index (χ1n) is 11.3. The normalized spacial score (nSPS) is 22.9. The standard InChI is InChI=1S/C23H42N2O4/c1-14(2)11-17-7-6-8-18(12-17)21(27)13-19(16(5)26)23(29)25-20(9-10-24)22(28)15(3)4/h14-20,26H,6-13,24H2,1-5H3,(H,25,29)/t16-,17-,18+,19-,20-/m0/s1. The molecule has 1 rings (SSSR count). The van der Waals surface area contributed by atoms with Gasteiger partial charge < -0.3 is 16.2 Å². The molecule has 6 heteroatoms. The summed E-state index contributed by atoms with van der Waals surface area (Å²) >= 11 is 0. The Hall–Kier alpha value is -1.27. The first-order valence-corrected chi connectivity index (χ1v) is 11.3. The van der Waals surface area contributed by atoms with Gasteiger partial charge in [0.2, 0.25) is 5.91 Å². The average Bonchev–Trinajstić information content (AvgIpc) is 2.64. The molecule has 0 spiro atoms. The molecule has 0 aromatic heterocycles. The highest BCUT2D eigenvalue weighted by molar-refractivity contribution is 5.93. The van der Waals surface area contributed by atoms with E-state index in [2.05, 4.69) is 19.2 Å². The second-order valence-electron chi connectivity index (χ2n) is 9.57. The summed E-state index contributed by atoms with van der Waals surface area (Å²) < 4.78 is 0. The molecule has 1 aliphatic rings. The molecule has 1 aliphatic carbocycles. The van der Waals surface area contributed by atoms with Gasteiger partial charge in [0, 0.05) is 18.3 Å². The summed E-state index contributed by atoms with van der Waals surface area (Å²) in [5, 5.41) is 12.9. The molecule has 5 atom stereocenters. The van der Waals surface area contributed by atoms with Crippen LogP contribution in [0.4, 0.5) is 0 Å². The van der Waals surface area contributed by atoms with E-state index in [4.69, 9.17) is 5.73 Å². The Labute approximate surface area is 176 Å². The van der Waals surface area contributed by atoms with Gasteiger partial charge in [0.15, 0.2) is 5.78 Å². The van der Waals surface area contributed by atoms with E-state index in [9.17, 15) is 19.5 Å². The van der Waals surface area contributed by atoms with Gasteiger partial charge in [-0.2, -0.15) is 0 Å². The molecule has 0 saturated heterocycles. The summed E-state index contributed by atoms with van der Waals surface area (Å²) in [6, 6.07) is -0.672. The van der Waals surface area contributed by atoms with Crippen LogP contribution in [0.3, 0.4) is 0 Å². The molecule has 0 aromatic carbocycles. The van der Waals surface area contributed by atoms with Crippen LogP contribution in [0.5, 0.6) is 0 Å². The van der Waals surface area contributed by atoms with Crippen LogP contribution >= 0.6 is 0 Å². The molecule has 6 nitrogen and oxygen atoms in total. The van der Waals surface area contributed by atoms with Crippen LogP contribution < -0.4 is 11.1 Å². The molecule has 0 radical (unpaired) electrons. The number of nitrogens with one attached hydrogen (secondary N) is 1. The Bertz CT molecular complexity index is 545. The molecule has 4 N–H and O–H groups in total. The fraction of sp³-hybridized carbons (Fsp3) is 0.870. The predicted octanol–water partition coefficient (Wildman–Crippen LogP) is 2.85. The molecule has 29 heavy (non-hydrogen) atoms. The zero-order valence-electron chi connectivity index (χ0n) is 18.9. The SMILES string of the molecule is CC(C)C[C@@H]1CCC[C@@H](C(=O)C[C@H](C(=O)N[C@@H](CCN)C(=O)C(C)C)[C@H](C)O)C1. The lowest BCUT2D eigenvalue weighted by Crippen LogP contribution is -2.48. The van der Waals surface area contributed by atoms with Crippen LogP contribution in [0.2, 0.25) is 0 Å². The summed E-state index contributed by atoms with van der Waals surface area (Å²) in [7, 11) is 0. The lowest BCUT2D eigenvalue weighted by molar-refractivity contribution is -0.137. The highest BCUT2D eigenvalue weighted by Gasteiger charge is 2.34. The number of Topliss-reactive ketones (excluding diaryl/α,β-unsaturated/α-hetero) is 2. The van der Waals surface area contributed by atoms with E-state index < -0.39 is 24.0 Å². The lowest BCUT2D eigenvalue weighted by atomic mass is 9.74. The van der Waals surface area contributed by atoms with Crippen LogP contribution in [-0.4, -0.2) is 41.3 Å². The van der Waals surface area contributed by atoms with Gasteiger partial charge in [-0.3, -0.25) is 14.4 Å². The summed E-state index contributed by atoms with van der Waals surface area (Å²) in [5.74, 6) is -0.369. The second kappa shape index (κ2) is 12.4. The number of carbonyl (C=O) groups is 3. The van der Waals surface area contributed by atoms with Gasteiger partial charge in [0.25, 0.3) is 0 Å². The summed E-state index contributed by atoms with van der Waals surface area (Å²) in [4.78, 5) is 38.1. The molecule has 0 aliphatic heterocycles. The molecule has 0 unspecified atom stereocenters. The van der Waals surface area contributed by atoms with Gasteiger partial charge in [-0.05, 0) is 51.0 Å². The zero-order valence-corrected chi connectivity index (χ0v) is 18.9. The van der Waals surface area contributed by atoms with E-state index in [1.165, 1.54) is 13.3 Å². The zero-order chi connectivity index (χ0) is 22.1. The topological polar surface area (TPSA) is 109 Å². The minimum absolute atomic E-state index is 0.0216. The number of aliphatic hydroxyl groups is 1. The first-order chi connectivity index (χ1) is 13.6. The third kappa shape index (κ3) is 8.55.